The normalized spacial score (nSPS) is 88.6. The summed E-state index contributed by atoms with van der Waals surface area (Å²) < 4.78 is 5.92. The minimum absolute atomic E-state index is 0.505. The van der Waals surface area contributed by atoms with Crippen LogP contribution in [0.15, 0.2) is 0 Å². The minimum atomic E-state index is 0.505. The van der Waals surface area contributed by atoms with Gasteiger partial charge < -0.3 is 4.74 Å². The van der Waals surface area contributed by atoms with Gasteiger partial charge in [0.25, 0.3) is 0 Å². The van der Waals surface area contributed by atoms with Gasteiger partial charge in [-0.05, 0) is 60.2 Å². The van der Waals surface area contributed by atoms with E-state index in [2.05, 4.69) is 0 Å². The van der Waals surface area contributed by atoms with Crippen molar-refractivity contribution in [3.8, 4) is 0 Å². The molecule has 0 aromatic heterocycles. The zero-order valence-electron chi connectivity index (χ0n) is 7.65. The van der Waals surface area contributed by atoms with E-state index in [1.54, 1.807) is 12.8 Å². The summed E-state index contributed by atoms with van der Waals surface area (Å²) in [6.45, 7) is 1.15. The van der Waals surface area contributed by atoms with Gasteiger partial charge in [0.05, 0.1) is 12.2 Å². The van der Waals surface area contributed by atoms with Crippen molar-refractivity contribution in [2.45, 2.75) is 18.4 Å². The molecule has 6 saturated carbocycles. The number of rotatable bonds is 0. The van der Waals surface area contributed by atoms with Crippen LogP contribution in [0.1, 0.15) is 12.8 Å². The molecule has 68 valence electrons. The lowest BCUT2D eigenvalue weighted by Crippen LogP contribution is -2.30. The van der Waals surface area contributed by atoms with E-state index in [9.17, 15) is 0 Å². The highest BCUT2D eigenvalue weighted by Crippen LogP contribution is 2.87. The molecule has 0 amide bonds. The van der Waals surface area contributed by atoms with Gasteiger partial charge in [0.15, 0.2) is 0 Å². The number of ether oxygens (including phenoxy) is 1. The van der Waals surface area contributed by atoms with E-state index in [1.165, 1.54) is 11.8 Å². The Kier molecular flexibility index (Phi) is 0.551. The first-order valence-corrected chi connectivity index (χ1v) is 6.06. The van der Waals surface area contributed by atoms with Gasteiger partial charge in [-0.15, -0.1) is 0 Å². The van der Waals surface area contributed by atoms with E-state index in [4.69, 9.17) is 4.74 Å². The van der Waals surface area contributed by atoms with Crippen molar-refractivity contribution in [2.75, 3.05) is 6.61 Å². The molecule has 0 aromatic rings. The Hall–Kier alpha value is -0.0400. The number of hydrogen-bond donors (Lipinski definition) is 0. The second-order valence-corrected chi connectivity index (χ2v) is 6.58. The van der Waals surface area contributed by atoms with E-state index in [0.717, 1.165) is 42.1 Å². The summed E-state index contributed by atoms with van der Waals surface area (Å²) in [6, 6.07) is 0. The molecule has 1 nitrogen and oxygen atoms in total. The molecule has 1 spiro atoms. The molecular weight excluding hydrogens is 160 g/mol. The van der Waals surface area contributed by atoms with Crippen LogP contribution in [0.5, 0.6) is 0 Å². The maximum Gasteiger partial charge on any atom is 0.0983 e. The van der Waals surface area contributed by atoms with Gasteiger partial charge in [-0.25, -0.2) is 0 Å². The lowest BCUT2D eigenvalue weighted by molar-refractivity contribution is 0.132. The van der Waals surface area contributed by atoms with Gasteiger partial charge in [0, 0.05) is 0 Å². The molecule has 1 heterocycles. The Labute approximate surface area is 77.8 Å². The first-order valence-electron chi connectivity index (χ1n) is 6.06. The molecule has 0 radical (unpaired) electrons. The summed E-state index contributed by atoms with van der Waals surface area (Å²) in [5.41, 5.74) is 0.505. The smallest absolute Gasteiger partial charge is 0.0983 e. The Morgan fingerprint density at radius 1 is 0.846 bits per heavy atom. The quantitative estimate of drug-likeness (QED) is 0.507. The molecule has 7 fully saturated rings. The van der Waals surface area contributed by atoms with Gasteiger partial charge >= 0.3 is 0 Å². The lowest BCUT2D eigenvalue weighted by atomic mass is 9.71. The topological polar surface area (TPSA) is 12.5 Å². The Morgan fingerprint density at radius 3 is 1.85 bits per heavy atom. The van der Waals surface area contributed by atoms with Gasteiger partial charge in [-0.3, -0.25) is 0 Å². The first kappa shape index (κ1) is 5.75. The highest BCUT2D eigenvalue weighted by molar-refractivity contribution is 5.35. The lowest BCUT2D eigenvalue weighted by Gasteiger charge is -2.33. The standard InChI is InChI=1S/C12H14O/c1-4-5-2-7-8(4)10-6(1)9(5)11(7)12(10)3-13-12/h4-11H,1-3H2/t4-,5-,6-,7-,8-,9-,10-,11-/m1/s1. The van der Waals surface area contributed by atoms with Crippen LogP contribution < -0.4 is 0 Å². The molecule has 7 aliphatic rings. The molecule has 1 aliphatic heterocycles. The second kappa shape index (κ2) is 1.25. The second-order valence-electron chi connectivity index (χ2n) is 6.58. The molecule has 0 aromatic carbocycles. The minimum Gasteiger partial charge on any atom is -0.369 e. The fraction of sp³-hybridized carbons (Fsp3) is 1.00. The summed E-state index contributed by atoms with van der Waals surface area (Å²) in [6.07, 6.45) is 3.23. The summed E-state index contributed by atoms with van der Waals surface area (Å²) in [7, 11) is 0. The van der Waals surface area contributed by atoms with Gasteiger partial charge in [-0.2, -0.15) is 0 Å². The van der Waals surface area contributed by atoms with Crippen molar-refractivity contribution in [3.05, 3.63) is 0 Å². The van der Waals surface area contributed by atoms with Crippen molar-refractivity contribution in [1.82, 2.24) is 0 Å². The fourth-order valence-corrected chi connectivity index (χ4v) is 7.29. The Bertz CT molecular complexity index is 315. The average Bonchev–Trinajstić information content (AvgIpc) is 2.43. The Balaban J connectivity index is 1.78. The van der Waals surface area contributed by atoms with Crippen LogP contribution in [-0.4, -0.2) is 12.2 Å². The summed E-state index contributed by atoms with van der Waals surface area (Å²) in [4.78, 5) is 0. The van der Waals surface area contributed by atoms with Gasteiger partial charge in [-0.1, -0.05) is 0 Å². The van der Waals surface area contributed by atoms with Crippen molar-refractivity contribution in [1.29, 1.82) is 0 Å². The third-order valence-electron chi connectivity index (χ3n) is 6.97. The summed E-state index contributed by atoms with van der Waals surface area (Å²) in [5, 5.41) is 0. The van der Waals surface area contributed by atoms with Crippen LogP contribution in [0.25, 0.3) is 0 Å². The summed E-state index contributed by atoms with van der Waals surface area (Å²) >= 11 is 0. The molecule has 7 rings (SSSR count). The van der Waals surface area contributed by atoms with E-state index in [1.807, 2.05) is 0 Å². The zero-order chi connectivity index (χ0) is 7.95. The van der Waals surface area contributed by atoms with Crippen molar-refractivity contribution in [2.24, 2.45) is 47.3 Å². The molecular formula is C12H14O. The van der Waals surface area contributed by atoms with Gasteiger partial charge in [0.1, 0.15) is 0 Å². The van der Waals surface area contributed by atoms with E-state index in [0.29, 0.717) is 5.60 Å². The van der Waals surface area contributed by atoms with Crippen LogP contribution >= 0.6 is 0 Å². The van der Waals surface area contributed by atoms with Crippen molar-refractivity contribution < 1.29 is 4.74 Å². The van der Waals surface area contributed by atoms with Crippen LogP contribution in [0.2, 0.25) is 0 Å². The van der Waals surface area contributed by atoms with Crippen molar-refractivity contribution >= 4 is 0 Å². The molecule has 0 N–H and O–H groups in total. The fourth-order valence-electron chi connectivity index (χ4n) is 7.29. The molecule has 6 bridgehead atoms. The monoisotopic (exact) mass is 174 g/mol. The Morgan fingerprint density at radius 2 is 1.38 bits per heavy atom. The highest BCUT2D eigenvalue weighted by Gasteiger charge is 2.88. The summed E-state index contributed by atoms with van der Waals surface area (Å²) in [5.74, 6) is 9.11. The number of hydrogen-bond acceptors (Lipinski definition) is 1. The van der Waals surface area contributed by atoms with Crippen LogP contribution in [-0.2, 0) is 4.74 Å². The van der Waals surface area contributed by atoms with Gasteiger partial charge in [0.2, 0.25) is 0 Å². The predicted molar refractivity (Wildman–Crippen MR) is 45.8 cm³/mol. The van der Waals surface area contributed by atoms with E-state index < -0.39 is 0 Å². The molecule has 0 unspecified atom stereocenters. The number of epoxide rings is 1. The highest BCUT2D eigenvalue weighted by atomic mass is 16.6. The SMILES string of the molecule is C1[C@@H]2[C@H]3C[C@@H]4[C@@H]2[C@H]2[C@H]1[C@@H]3[C@@H]4C21CO1. The molecule has 6 aliphatic carbocycles. The predicted octanol–water partition coefficient (Wildman–Crippen LogP) is 1.53. The molecule has 1 saturated heterocycles. The average molecular weight is 174 g/mol. The zero-order valence-corrected chi connectivity index (χ0v) is 7.65. The molecule has 8 atom stereocenters. The maximum atomic E-state index is 5.92. The third kappa shape index (κ3) is 0.319. The largest absolute Gasteiger partial charge is 0.369 e. The van der Waals surface area contributed by atoms with Crippen LogP contribution in [0.4, 0.5) is 0 Å². The third-order valence-corrected chi connectivity index (χ3v) is 6.97. The maximum absolute atomic E-state index is 5.92. The van der Waals surface area contributed by atoms with E-state index in [-0.39, 0.29) is 0 Å². The first-order chi connectivity index (χ1) is 6.42. The molecule has 1 heteroatoms. The van der Waals surface area contributed by atoms with Crippen molar-refractivity contribution in [3.63, 3.8) is 0 Å². The molecule has 13 heavy (non-hydrogen) atoms. The van der Waals surface area contributed by atoms with Crippen LogP contribution in [0.3, 0.4) is 0 Å². The van der Waals surface area contributed by atoms with E-state index >= 15 is 0 Å². The van der Waals surface area contributed by atoms with Crippen LogP contribution in [0, 0.1) is 47.3 Å².